The van der Waals surface area contributed by atoms with E-state index in [0.717, 1.165) is 118 Å². The van der Waals surface area contributed by atoms with Crippen molar-refractivity contribution >= 4 is 45.0 Å². The first-order chi connectivity index (χ1) is 32.9. The van der Waals surface area contributed by atoms with Gasteiger partial charge in [0.25, 0.3) is 0 Å². The van der Waals surface area contributed by atoms with Gasteiger partial charge in [0.2, 0.25) is 17.8 Å². The number of nitrogens with zero attached hydrogens (tertiary/aromatic N) is 7. The molecule has 360 valence electrons. The van der Waals surface area contributed by atoms with E-state index in [0.29, 0.717) is 50.1 Å². The van der Waals surface area contributed by atoms with Crippen molar-refractivity contribution in [3.05, 3.63) is 78.4 Å². The maximum Gasteiger partial charge on any atom is 0.323 e. The van der Waals surface area contributed by atoms with Gasteiger partial charge in [-0.05, 0) is 92.7 Å². The summed E-state index contributed by atoms with van der Waals surface area (Å²) in [5, 5.41) is 28.3. The first-order valence-corrected chi connectivity index (χ1v) is 25.8. The van der Waals surface area contributed by atoms with Crippen LogP contribution in [0.25, 0.3) is 20.8 Å². The second-order valence-corrected chi connectivity index (χ2v) is 19.4. The number of hydrogen-bond donors (Lipinski definition) is 6. The number of aromatic nitrogens is 4. The van der Waals surface area contributed by atoms with Crippen molar-refractivity contribution in [3.63, 3.8) is 0 Å². The Balaban J connectivity index is 0.981. The number of likely N-dealkylation sites (N-methyl/N-ethyl adjacent to an activating group) is 1. The molecule has 1 aliphatic heterocycles. The normalized spacial score (nSPS) is 17.8. The molecule has 0 spiro atoms. The average Bonchev–Trinajstić information content (AvgIpc) is 3.79. The molecule has 15 nitrogen and oxygen atoms in total. The minimum absolute atomic E-state index is 0.130. The maximum atomic E-state index is 14.3. The second kappa shape index (κ2) is 25.3. The lowest BCUT2D eigenvalue weighted by Crippen LogP contribution is -2.47. The Morgan fingerprint density at radius 3 is 2.13 bits per heavy atom. The van der Waals surface area contributed by atoms with E-state index in [2.05, 4.69) is 90.8 Å². The van der Waals surface area contributed by atoms with E-state index in [1.54, 1.807) is 23.5 Å². The number of nitrogens with one attached hydrogen (secondary N) is 5. The van der Waals surface area contributed by atoms with Crippen LogP contribution in [-0.2, 0) is 11.2 Å². The molecule has 1 saturated heterocycles. The van der Waals surface area contributed by atoms with Crippen LogP contribution in [0.4, 0.5) is 17.6 Å². The quantitative estimate of drug-likeness (QED) is 0.0531. The summed E-state index contributed by atoms with van der Waals surface area (Å²) in [7, 11) is 2.06. The van der Waals surface area contributed by atoms with Gasteiger partial charge in [-0.15, -0.1) is 11.3 Å². The molecule has 5 aromatic rings. The lowest BCUT2D eigenvalue weighted by Gasteiger charge is -2.41. The number of anilines is 3. The summed E-state index contributed by atoms with van der Waals surface area (Å²) < 4.78 is 7.65. The summed E-state index contributed by atoms with van der Waals surface area (Å²) in [4.78, 5) is 41.3. The van der Waals surface area contributed by atoms with E-state index in [1.807, 2.05) is 18.2 Å². The van der Waals surface area contributed by atoms with Gasteiger partial charge in [0.1, 0.15) is 23.4 Å². The van der Waals surface area contributed by atoms with Gasteiger partial charge < -0.3 is 51.1 Å². The molecule has 8 rings (SSSR count). The zero-order chi connectivity index (χ0) is 46.0. The Kier molecular flexibility index (Phi) is 18.2. The highest BCUT2D eigenvalue weighted by molar-refractivity contribution is 7.21. The lowest BCUT2D eigenvalue weighted by atomic mass is 9.89. The predicted octanol–water partition coefficient (Wildman–Crippen LogP) is 6.45. The molecule has 6 N–H and O–H groups in total. The molecule has 0 radical (unpaired) electrons. The van der Waals surface area contributed by atoms with Crippen LogP contribution in [0.15, 0.2) is 72.8 Å². The van der Waals surface area contributed by atoms with Gasteiger partial charge in [-0.25, -0.2) is 4.98 Å². The standard InChI is InChI=1S/C51H72N12O3S/c1-61(40-21-19-39(20-22-40)48-56-44-15-8-9-16-46(44)67-48)35-36-66-51-59-49(58-50(60-51)63(41-11-4-2-5-12-41)42-13-6-3-7-14-42)57-45(37-38-17-23-43(64)24-18-38)47(65)55-25-10-32-62-33-30-53-28-26-52-27-29-54-31-34-62/h8-9,15-24,41-42,45,52-54,64H,2-7,10-14,25-37H2,1H3,(H,55,65)(H,57,58,59,60)/t45-/m0/s1. The fraction of sp³-hybridized carbons (Fsp3) is 0.549. The van der Waals surface area contributed by atoms with E-state index in [4.69, 9.17) is 24.7 Å². The molecule has 3 aliphatic rings. The number of amides is 1. The first-order valence-electron chi connectivity index (χ1n) is 25.0. The molecule has 3 fully saturated rings. The van der Waals surface area contributed by atoms with E-state index in [1.165, 1.54) is 43.2 Å². The van der Waals surface area contributed by atoms with Crippen LogP contribution in [0.1, 0.15) is 76.2 Å². The van der Waals surface area contributed by atoms with E-state index in [-0.39, 0.29) is 17.7 Å². The molecule has 2 aliphatic carbocycles. The first kappa shape index (κ1) is 48.3. The van der Waals surface area contributed by atoms with Crippen LogP contribution >= 0.6 is 11.3 Å². The van der Waals surface area contributed by atoms with Gasteiger partial charge >= 0.3 is 6.01 Å². The Morgan fingerprint density at radius 2 is 1.46 bits per heavy atom. The number of phenols is 1. The zero-order valence-corrected chi connectivity index (χ0v) is 40.2. The van der Waals surface area contributed by atoms with Gasteiger partial charge in [0.15, 0.2) is 0 Å². The summed E-state index contributed by atoms with van der Waals surface area (Å²) in [6.45, 7) is 10.0. The minimum atomic E-state index is -0.689. The predicted molar refractivity (Wildman–Crippen MR) is 272 cm³/mol. The largest absolute Gasteiger partial charge is 0.508 e. The van der Waals surface area contributed by atoms with Crippen molar-refractivity contribution in [3.8, 4) is 22.3 Å². The van der Waals surface area contributed by atoms with E-state index >= 15 is 0 Å². The minimum Gasteiger partial charge on any atom is -0.508 e. The Bertz CT molecular complexity index is 2190. The highest BCUT2D eigenvalue weighted by atomic mass is 32.1. The Labute approximate surface area is 400 Å². The van der Waals surface area contributed by atoms with Crippen LogP contribution in [0.2, 0.25) is 0 Å². The SMILES string of the molecule is CN(CCOc1nc(N[C@@H](Cc2ccc(O)cc2)C(=O)NCCCN2CCNCCNCCNCC2)nc(N(C2CCCCC2)C2CCCCC2)n1)c1ccc(-c2nc3ccccc3s2)cc1. The van der Waals surface area contributed by atoms with Crippen LogP contribution in [0.3, 0.4) is 0 Å². The zero-order valence-electron chi connectivity index (χ0n) is 39.4. The Hall–Kier alpha value is -5.13. The van der Waals surface area contributed by atoms with Crippen molar-refractivity contribution in [1.29, 1.82) is 0 Å². The number of rotatable bonds is 18. The van der Waals surface area contributed by atoms with Crippen LogP contribution in [0, 0.1) is 0 Å². The van der Waals surface area contributed by atoms with Gasteiger partial charge in [-0.3, -0.25) is 4.79 Å². The number of phenolic OH excluding ortho intramolecular Hbond substituents is 1. The summed E-state index contributed by atoms with van der Waals surface area (Å²) in [6.07, 6.45) is 12.9. The molecule has 3 aromatic carbocycles. The van der Waals surface area contributed by atoms with Gasteiger partial charge in [-0.2, -0.15) is 15.0 Å². The number of carbonyl (C=O) groups excluding carboxylic acids is 1. The second-order valence-electron chi connectivity index (χ2n) is 18.3. The van der Waals surface area contributed by atoms with E-state index in [9.17, 15) is 9.90 Å². The highest BCUT2D eigenvalue weighted by Gasteiger charge is 2.32. The van der Waals surface area contributed by atoms with Crippen LogP contribution in [-0.4, -0.2) is 140 Å². The summed E-state index contributed by atoms with van der Waals surface area (Å²) in [5.74, 6) is 1.00. The summed E-state index contributed by atoms with van der Waals surface area (Å²) in [5.41, 5.74) is 4.10. The molecule has 67 heavy (non-hydrogen) atoms. The number of benzene rings is 3. The molecule has 2 aromatic heterocycles. The van der Waals surface area contributed by atoms with Crippen LogP contribution < -0.4 is 41.1 Å². The van der Waals surface area contributed by atoms with Crippen LogP contribution in [0.5, 0.6) is 11.8 Å². The Morgan fingerprint density at radius 1 is 0.806 bits per heavy atom. The number of para-hydroxylation sites is 1. The third kappa shape index (κ3) is 14.4. The topological polar surface area (TPSA) is 168 Å². The number of ether oxygens (including phenoxy) is 1. The van der Waals surface area contributed by atoms with Gasteiger partial charge in [0, 0.05) is 95.7 Å². The fourth-order valence-electron chi connectivity index (χ4n) is 9.60. The number of carbonyl (C=O) groups is 1. The summed E-state index contributed by atoms with van der Waals surface area (Å²) >= 11 is 1.71. The monoisotopic (exact) mass is 933 g/mol. The molecule has 0 bridgehead atoms. The molecule has 2 saturated carbocycles. The van der Waals surface area contributed by atoms with Crippen molar-refractivity contribution in [2.24, 2.45) is 0 Å². The molecular formula is C51H72N12O3S. The number of thiazole rings is 1. The molecule has 1 atom stereocenters. The van der Waals surface area contributed by atoms with Gasteiger partial charge in [0.05, 0.1) is 16.8 Å². The van der Waals surface area contributed by atoms with Crippen molar-refractivity contribution < 1.29 is 14.6 Å². The third-order valence-corrected chi connectivity index (χ3v) is 14.5. The number of hydrogen-bond acceptors (Lipinski definition) is 15. The maximum absolute atomic E-state index is 14.3. The molecular weight excluding hydrogens is 861 g/mol. The molecule has 3 heterocycles. The number of fused-ring (bicyclic) bond motifs is 1. The van der Waals surface area contributed by atoms with Crippen molar-refractivity contribution in [1.82, 2.24) is 46.1 Å². The summed E-state index contributed by atoms with van der Waals surface area (Å²) in [6, 6.07) is 24.0. The third-order valence-electron chi connectivity index (χ3n) is 13.4. The fourth-order valence-corrected chi connectivity index (χ4v) is 10.6. The van der Waals surface area contributed by atoms with E-state index < -0.39 is 6.04 Å². The molecule has 0 unspecified atom stereocenters. The van der Waals surface area contributed by atoms with Gasteiger partial charge in [-0.1, -0.05) is 62.8 Å². The smallest absolute Gasteiger partial charge is 0.323 e. The average molecular weight is 933 g/mol. The van der Waals surface area contributed by atoms with Crippen molar-refractivity contribution in [2.75, 3.05) is 101 Å². The van der Waals surface area contributed by atoms with Crippen molar-refractivity contribution in [2.45, 2.75) is 95.2 Å². The number of aromatic hydroxyl groups is 1. The highest BCUT2D eigenvalue weighted by Crippen LogP contribution is 2.34. The molecule has 16 heteroatoms. The lowest BCUT2D eigenvalue weighted by molar-refractivity contribution is -0.121. The molecule has 1 amide bonds.